The standard InChI is InChI=1S/C14H13ClIN3/c1-17-8-10(3-2-6-16)11-7-13-12(18-9-11)4-5-14(15)19-13/h2-5,7-9,17H,6H2,1H3/b3-2-,10-8+. The Morgan fingerprint density at radius 3 is 3.00 bits per heavy atom. The molecule has 0 atom stereocenters. The van der Waals surface area contributed by atoms with Crippen LogP contribution in [-0.4, -0.2) is 21.4 Å². The molecule has 0 aliphatic carbocycles. The SMILES string of the molecule is CN/C=C(\C=C/CI)c1cnc2ccc(Cl)nc2c1. The van der Waals surface area contributed by atoms with Crippen molar-refractivity contribution in [1.29, 1.82) is 0 Å². The maximum atomic E-state index is 5.91. The van der Waals surface area contributed by atoms with Crippen molar-refractivity contribution in [2.75, 3.05) is 11.5 Å². The van der Waals surface area contributed by atoms with Crippen LogP contribution in [0.5, 0.6) is 0 Å². The summed E-state index contributed by atoms with van der Waals surface area (Å²) in [4.78, 5) is 8.70. The molecule has 5 heteroatoms. The summed E-state index contributed by atoms with van der Waals surface area (Å²) in [5.74, 6) is 0. The molecule has 2 aromatic rings. The molecular formula is C14H13ClIN3. The molecule has 3 nitrogen and oxygen atoms in total. The molecule has 2 heterocycles. The summed E-state index contributed by atoms with van der Waals surface area (Å²) in [6.07, 6.45) is 7.95. The van der Waals surface area contributed by atoms with E-state index in [4.69, 9.17) is 11.6 Å². The Hall–Kier alpha value is -1.14. The van der Waals surface area contributed by atoms with Crippen molar-refractivity contribution in [2.24, 2.45) is 0 Å². The molecule has 0 fully saturated rings. The van der Waals surface area contributed by atoms with Crippen LogP contribution < -0.4 is 5.32 Å². The Labute approximate surface area is 130 Å². The number of halogens is 2. The molecule has 0 amide bonds. The normalized spacial score (nSPS) is 12.3. The average molecular weight is 386 g/mol. The highest BCUT2D eigenvalue weighted by molar-refractivity contribution is 14.1. The van der Waals surface area contributed by atoms with Crippen LogP contribution in [0.25, 0.3) is 16.6 Å². The first kappa shape index (κ1) is 14.3. The number of hydrogen-bond acceptors (Lipinski definition) is 3. The first-order valence-corrected chi connectivity index (χ1v) is 7.67. The minimum absolute atomic E-state index is 0.480. The molecule has 19 heavy (non-hydrogen) atoms. The zero-order valence-electron chi connectivity index (χ0n) is 10.4. The van der Waals surface area contributed by atoms with Crippen molar-refractivity contribution in [3.05, 3.63) is 53.5 Å². The van der Waals surface area contributed by atoms with E-state index >= 15 is 0 Å². The molecule has 0 aliphatic heterocycles. The molecule has 0 unspecified atom stereocenters. The van der Waals surface area contributed by atoms with Crippen molar-refractivity contribution in [3.63, 3.8) is 0 Å². The van der Waals surface area contributed by atoms with Gasteiger partial charge < -0.3 is 5.32 Å². The second kappa shape index (κ2) is 6.86. The van der Waals surface area contributed by atoms with Gasteiger partial charge in [0.2, 0.25) is 0 Å². The minimum atomic E-state index is 0.480. The fourth-order valence-corrected chi connectivity index (χ4v) is 2.10. The third kappa shape index (κ3) is 3.67. The van der Waals surface area contributed by atoms with E-state index in [9.17, 15) is 0 Å². The van der Waals surface area contributed by atoms with Gasteiger partial charge in [-0.25, -0.2) is 4.98 Å². The highest BCUT2D eigenvalue weighted by atomic mass is 127. The average Bonchev–Trinajstić information content (AvgIpc) is 2.42. The maximum Gasteiger partial charge on any atom is 0.129 e. The number of nitrogens with zero attached hydrogens (tertiary/aromatic N) is 2. The zero-order chi connectivity index (χ0) is 13.7. The number of pyridine rings is 2. The van der Waals surface area contributed by atoms with Crippen LogP contribution in [0.3, 0.4) is 0 Å². The van der Waals surface area contributed by atoms with Crippen molar-refractivity contribution in [3.8, 4) is 0 Å². The van der Waals surface area contributed by atoms with E-state index in [0.717, 1.165) is 26.6 Å². The highest BCUT2D eigenvalue weighted by Gasteiger charge is 2.03. The first-order valence-electron chi connectivity index (χ1n) is 5.77. The van der Waals surface area contributed by atoms with Crippen molar-refractivity contribution in [2.45, 2.75) is 0 Å². The van der Waals surface area contributed by atoms with Crippen molar-refractivity contribution < 1.29 is 0 Å². The van der Waals surface area contributed by atoms with Gasteiger partial charge in [0.05, 0.1) is 11.0 Å². The van der Waals surface area contributed by atoms with Gasteiger partial charge in [-0.15, -0.1) is 0 Å². The van der Waals surface area contributed by atoms with E-state index in [1.807, 2.05) is 31.6 Å². The van der Waals surface area contributed by atoms with Gasteiger partial charge in [0.15, 0.2) is 0 Å². The molecule has 98 valence electrons. The summed E-state index contributed by atoms with van der Waals surface area (Å²) < 4.78 is 0.962. The quantitative estimate of drug-likeness (QED) is 0.376. The van der Waals surface area contributed by atoms with Gasteiger partial charge in [0, 0.05) is 29.4 Å². The predicted octanol–water partition coefficient (Wildman–Crippen LogP) is 3.83. The fourth-order valence-electron chi connectivity index (χ4n) is 1.69. The molecule has 0 aromatic carbocycles. The van der Waals surface area contributed by atoms with Gasteiger partial charge in [-0.3, -0.25) is 4.98 Å². The summed E-state index contributed by atoms with van der Waals surface area (Å²) >= 11 is 8.22. The topological polar surface area (TPSA) is 37.8 Å². The molecule has 0 saturated heterocycles. The number of rotatable bonds is 4. The van der Waals surface area contributed by atoms with E-state index in [1.54, 1.807) is 6.07 Å². The molecule has 0 radical (unpaired) electrons. The van der Waals surface area contributed by atoms with Gasteiger partial charge in [0.1, 0.15) is 5.15 Å². The Kier molecular flexibility index (Phi) is 5.15. The van der Waals surface area contributed by atoms with Crippen LogP contribution in [0.2, 0.25) is 5.15 Å². The maximum absolute atomic E-state index is 5.91. The van der Waals surface area contributed by atoms with E-state index in [-0.39, 0.29) is 0 Å². The number of allylic oxidation sites excluding steroid dienone is 3. The van der Waals surface area contributed by atoms with Gasteiger partial charge in [-0.2, -0.15) is 0 Å². The number of nitrogens with one attached hydrogen (secondary N) is 1. The summed E-state index contributed by atoms with van der Waals surface area (Å²) in [6.45, 7) is 0. The molecule has 0 bridgehead atoms. The Morgan fingerprint density at radius 2 is 2.26 bits per heavy atom. The summed E-state index contributed by atoms with van der Waals surface area (Å²) in [7, 11) is 1.88. The van der Waals surface area contributed by atoms with Crippen LogP contribution >= 0.6 is 34.2 Å². The van der Waals surface area contributed by atoms with E-state index in [2.05, 4.69) is 50.0 Å². The lowest BCUT2D eigenvalue weighted by Crippen LogP contribution is -1.96. The third-order valence-electron chi connectivity index (χ3n) is 2.52. The molecule has 0 aliphatic rings. The smallest absolute Gasteiger partial charge is 0.129 e. The number of alkyl halides is 1. The first-order chi connectivity index (χ1) is 9.24. The fraction of sp³-hybridized carbons (Fsp3) is 0.143. The number of hydrogen-bond donors (Lipinski definition) is 1. The Bertz CT molecular complexity index is 638. The van der Waals surface area contributed by atoms with Crippen LogP contribution in [-0.2, 0) is 0 Å². The van der Waals surface area contributed by atoms with Gasteiger partial charge >= 0.3 is 0 Å². The minimum Gasteiger partial charge on any atom is -0.393 e. The van der Waals surface area contributed by atoms with E-state index < -0.39 is 0 Å². The second-order valence-corrected chi connectivity index (χ2v) is 5.11. The van der Waals surface area contributed by atoms with Crippen molar-refractivity contribution >= 4 is 50.8 Å². The highest BCUT2D eigenvalue weighted by Crippen LogP contribution is 2.20. The number of aromatic nitrogens is 2. The lowest BCUT2D eigenvalue weighted by atomic mass is 10.1. The molecule has 0 saturated carbocycles. The van der Waals surface area contributed by atoms with Crippen LogP contribution in [0.4, 0.5) is 0 Å². The Morgan fingerprint density at radius 1 is 1.42 bits per heavy atom. The van der Waals surface area contributed by atoms with E-state index in [1.165, 1.54) is 0 Å². The second-order valence-electron chi connectivity index (χ2n) is 3.84. The van der Waals surface area contributed by atoms with Gasteiger partial charge in [-0.1, -0.05) is 46.3 Å². The van der Waals surface area contributed by atoms with Gasteiger partial charge in [-0.05, 0) is 23.8 Å². The monoisotopic (exact) mass is 385 g/mol. The molecule has 2 rings (SSSR count). The summed E-state index contributed by atoms with van der Waals surface area (Å²) in [5, 5.41) is 3.52. The summed E-state index contributed by atoms with van der Waals surface area (Å²) in [6, 6.07) is 5.61. The summed E-state index contributed by atoms with van der Waals surface area (Å²) in [5.41, 5.74) is 3.72. The predicted molar refractivity (Wildman–Crippen MR) is 89.6 cm³/mol. The zero-order valence-corrected chi connectivity index (χ0v) is 13.3. The van der Waals surface area contributed by atoms with Crippen LogP contribution in [0, 0.1) is 0 Å². The molecule has 1 N–H and O–H groups in total. The molecular weight excluding hydrogens is 373 g/mol. The lowest BCUT2D eigenvalue weighted by molar-refractivity contribution is 1.11. The van der Waals surface area contributed by atoms with E-state index in [0.29, 0.717) is 5.15 Å². The lowest BCUT2D eigenvalue weighted by Gasteiger charge is -2.04. The van der Waals surface area contributed by atoms with Gasteiger partial charge in [0.25, 0.3) is 0 Å². The molecule has 2 aromatic heterocycles. The van der Waals surface area contributed by atoms with Crippen LogP contribution in [0.1, 0.15) is 5.56 Å². The third-order valence-corrected chi connectivity index (χ3v) is 3.24. The molecule has 0 spiro atoms. The largest absolute Gasteiger partial charge is 0.393 e. The number of fused-ring (bicyclic) bond motifs is 1. The van der Waals surface area contributed by atoms with Crippen LogP contribution in [0.15, 0.2) is 42.7 Å². The van der Waals surface area contributed by atoms with Crippen molar-refractivity contribution in [1.82, 2.24) is 15.3 Å². The Balaban J connectivity index is 2.48.